The summed E-state index contributed by atoms with van der Waals surface area (Å²) in [6.45, 7) is 11.4. The van der Waals surface area contributed by atoms with E-state index in [9.17, 15) is 0 Å². The molecule has 0 saturated carbocycles. The Kier molecular flexibility index (Phi) is 5.23. The summed E-state index contributed by atoms with van der Waals surface area (Å²) in [5, 5.41) is 4.42. The van der Waals surface area contributed by atoms with Gasteiger partial charge in [0.1, 0.15) is 16.7 Å². The molecule has 0 fully saturated rings. The molecule has 0 atom stereocenters. The molecule has 2 aromatic rings. The van der Waals surface area contributed by atoms with Crippen molar-refractivity contribution in [3.05, 3.63) is 40.7 Å². The van der Waals surface area contributed by atoms with Crippen molar-refractivity contribution in [2.75, 3.05) is 11.9 Å². The van der Waals surface area contributed by atoms with Crippen LogP contribution >= 0.6 is 11.8 Å². The van der Waals surface area contributed by atoms with Crippen molar-refractivity contribution < 1.29 is 0 Å². The molecule has 0 radical (unpaired) electrons. The molecule has 3 nitrogen and oxygen atoms in total. The van der Waals surface area contributed by atoms with E-state index >= 15 is 0 Å². The highest BCUT2D eigenvalue weighted by Crippen LogP contribution is 2.32. The molecule has 0 aliphatic carbocycles. The molecule has 1 heterocycles. The predicted molar refractivity (Wildman–Crippen MR) is 90.3 cm³/mol. The van der Waals surface area contributed by atoms with E-state index in [2.05, 4.69) is 61.2 Å². The average molecular weight is 301 g/mol. The van der Waals surface area contributed by atoms with Crippen LogP contribution in [0.15, 0.2) is 28.1 Å². The van der Waals surface area contributed by atoms with Crippen molar-refractivity contribution in [2.45, 2.75) is 51.0 Å². The Labute approximate surface area is 131 Å². The van der Waals surface area contributed by atoms with Gasteiger partial charge in [0.25, 0.3) is 0 Å². The zero-order valence-electron chi connectivity index (χ0n) is 13.4. The Morgan fingerprint density at radius 2 is 1.81 bits per heavy atom. The topological polar surface area (TPSA) is 37.8 Å². The van der Waals surface area contributed by atoms with Gasteiger partial charge in [-0.25, -0.2) is 9.97 Å². The lowest BCUT2D eigenvalue weighted by Crippen LogP contribution is -2.07. The van der Waals surface area contributed by atoms with Crippen molar-refractivity contribution in [1.82, 2.24) is 9.97 Å². The number of nitrogens with one attached hydrogen (secondary N) is 1. The number of hydrogen-bond acceptors (Lipinski definition) is 4. The molecule has 4 heteroatoms. The zero-order valence-corrected chi connectivity index (χ0v) is 14.3. The largest absolute Gasteiger partial charge is 0.370 e. The molecule has 0 aliphatic heterocycles. The summed E-state index contributed by atoms with van der Waals surface area (Å²) in [7, 11) is 0. The van der Waals surface area contributed by atoms with Crippen LogP contribution in [0.5, 0.6) is 0 Å². The summed E-state index contributed by atoms with van der Waals surface area (Å²) in [4.78, 5) is 10.3. The summed E-state index contributed by atoms with van der Waals surface area (Å²) >= 11 is 1.71. The van der Waals surface area contributed by atoms with Gasteiger partial charge in [0, 0.05) is 17.0 Å². The molecule has 1 N–H and O–H groups in total. The van der Waals surface area contributed by atoms with Crippen LogP contribution in [-0.2, 0) is 0 Å². The third-order valence-corrected chi connectivity index (χ3v) is 4.53. The van der Waals surface area contributed by atoms with Crippen molar-refractivity contribution in [2.24, 2.45) is 0 Å². The second kappa shape index (κ2) is 6.94. The molecule has 112 valence electrons. The summed E-state index contributed by atoms with van der Waals surface area (Å²) in [5.74, 6) is 1.77. The average Bonchev–Trinajstić information content (AvgIpc) is 2.45. The fourth-order valence-electron chi connectivity index (χ4n) is 2.01. The number of hydrogen-bond donors (Lipinski definition) is 1. The number of aromatic nitrogens is 2. The van der Waals surface area contributed by atoms with Gasteiger partial charge in [-0.3, -0.25) is 0 Å². The lowest BCUT2D eigenvalue weighted by atomic mass is 10.1. The third kappa shape index (κ3) is 3.97. The Bertz CT molecular complexity index is 638. The standard InChI is InChI=1S/C17H23N3S/c1-6-9-18-16-13(4)17(20-14(5)19-16)21-15-8-7-11(2)12(3)10-15/h7-8,10H,6,9H2,1-5H3,(H,18,19,20). The number of aryl methyl sites for hydroxylation is 3. The van der Waals surface area contributed by atoms with Gasteiger partial charge in [-0.1, -0.05) is 24.8 Å². The van der Waals surface area contributed by atoms with E-state index in [1.807, 2.05) is 6.92 Å². The Morgan fingerprint density at radius 3 is 2.48 bits per heavy atom. The normalized spacial score (nSPS) is 10.7. The maximum absolute atomic E-state index is 4.60. The zero-order chi connectivity index (χ0) is 15.4. The summed E-state index contributed by atoms with van der Waals surface area (Å²) in [5.41, 5.74) is 3.75. The molecule has 0 aliphatic rings. The highest BCUT2D eigenvalue weighted by atomic mass is 32.2. The minimum absolute atomic E-state index is 0.811. The summed E-state index contributed by atoms with van der Waals surface area (Å²) in [6, 6.07) is 6.54. The quantitative estimate of drug-likeness (QED) is 0.813. The maximum Gasteiger partial charge on any atom is 0.133 e. The van der Waals surface area contributed by atoms with Gasteiger partial charge in [-0.2, -0.15) is 0 Å². The van der Waals surface area contributed by atoms with Crippen molar-refractivity contribution in [1.29, 1.82) is 0 Å². The molecule has 0 unspecified atom stereocenters. The second-order valence-corrected chi connectivity index (χ2v) is 6.39. The Morgan fingerprint density at radius 1 is 1.05 bits per heavy atom. The van der Waals surface area contributed by atoms with Crippen LogP contribution in [0.4, 0.5) is 5.82 Å². The number of nitrogens with zero attached hydrogens (tertiary/aromatic N) is 2. The van der Waals surface area contributed by atoms with Gasteiger partial charge in [0.05, 0.1) is 0 Å². The first-order valence-electron chi connectivity index (χ1n) is 7.35. The van der Waals surface area contributed by atoms with Crippen molar-refractivity contribution in [3.63, 3.8) is 0 Å². The molecule has 0 amide bonds. The van der Waals surface area contributed by atoms with Crippen LogP contribution in [0.2, 0.25) is 0 Å². The molecular formula is C17H23N3S. The van der Waals surface area contributed by atoms with Gasteiger partial charge < -0.3 is 5.32 Å². The first kappa shape index (κ1) is 15.8. The SMILES string of the molecule is CCCNc1nc(C)nc(Sc2ccc(C)c(C)c2)c1C. The fraction of sp³-hybridized carbons (Fsp3) is 0.412. The minimum atomic E-state index is 0.811. The summed E-state index contributed by atoms with van der Waals surface area (Å²) in [6.07, 6.45) is 1.09. The number of anilines is 1. The third-order valence-electron chi connectivity index (χ3n) is 3.45. The number of benzene rings is 1. The van der Waals surface area contributed by atoms with E-state index in [0.717, 1.165) is 35.2 Å². The molecule has 21 heavy (non-hydrogen) atoms. The molecule has 1 aromatic heterocycles. The first-order valence-corrected chi connectivity index (χ1v) is 8.17. The highest BCUT2D eigenvalue weighted by molar-refractivity contribution is 7.99. The van der Waals surface area contributed by atoms with Crippen LogP contribution < -0.4 is 5.32 Å². The van der Waals surface area contributed by atoms with Crippen LogP contribution in [0.25, 0.3) is 0 Å². The molecule has 0 spiro atoms. The van der Waals surface area contributed by atoms with Crippen LogP contribution in [0.1, 0.15) is 35.9 Å². The second-order valence-electron chi connectivity index (χ2n) is 5.32. The van der Waals surface area contributed by atoms with E-state index in [-0.39, 0.29) is 0 Å². The fourth-order valence-corrected chi connectivity index (χ4v) is 3.03. The van der Waals surface area contributed by atoms with E-state index in [0.29, 0.717) is 0 Å². The smallest absolute Gasteiger partial charge is 0.133 e. The van der Waals surface area contributed by atoms with E-state index in [1.54, 1.807) is 11.8 Å². The molecule has 0 saturated heterocycles. The van der Waals surface area contributed by atoms with Gasteiger partial charge in [-0.05, 0) is 57.4 Å². The first-order chi connectivity index (χ1) is 10.0. The lowest BCUT2D eigenvalue weighted by Gasteiger charge is -2.12. The van der Waals surface area contributed by atoms with Gasteiger partial charge >= 0.3 is 0 Å². The lowest BCUT2D eigenvalue weighted by molar-refractivity contribution is 0.908. The highest BCUT2D eigenvalue weighted by Gasteiger charge is 2.10. The van der Waals surface area contributed by atoms with Crippen LogP contribution in [0, 0.1) is 27.7 Å². The van der Waals surface area contributed by atoms with Crippen molar-refractivity contribution in [3.8, 4) is 0 Å². The van der Waals surface area contributed by atoms with Crippen LogP contribution in [-0.4, -0.2) is 16.5 Å². The molecule has 2 rings (SSSR count). The number of rotatable bonds is 5. The monoisotopic (exact) mass is 301 g/mol. The molecule has 1 aromatic carbocycles. The van der Waals surface area contributed by atoms with Crippen molar-refractivity contribution >= 4 is 17.6 Å². The van der Waals surface area contributed by atoms with Gasteiger partial charge in [0.2, 0.25) is 0 Å². The molecular weight excluding hydrogens is 278 g/mol. The molecule has 0 bridgehead atoms. The summed E-state index contributed by atoms with van der Waals surface area (Å²) < 4.78 is 0. The predicted octanol–water partition coefficient (Wildman–Crippen LogP) is 4.68. The van der Waals surface area contributed by atoms with Crippen LogP contribution in [0.3, 0.4) is 0 Å². The van der Waals surface area contributed by atoms with E-state index in [1.165, 1.54) is 16.0 Å². The van der Waals surface area contributed by atoms with E-state index in [4.69, 9.17) is 0 Å². The minimum Gasteiger partial charge on any atom is -0.370 e. The Hall–Kier alpha value is -1.55. The van der Waals surface area contributed by atoms with Gasteiger partial charge in [0.15, 0.2) is 0 Å². The Balaban J connectivity index is 2.30. The maximum atomic E-state index is 4.60. The van der Waals surface area contributed by atoms with E-state index < -0.39 is 0 Å². The van der Waals surface area contributed by atoms with Gasteiger partial charge in [-0.15, -0.1) is 0 Å².